The molecule has 1 fully saturated rings. The second-order valence-corrected chi connectivity index (χ2v) is 8.45. The number of benzene rings is 2. The lowest BCUT2D eigenvalue weighted by Crippen LogP contribution is -2.43. The van der Waals surface area contributed by atoms with E-state index in [1.165, 1.54) is 35.6 Å². The Labute approximate surface area is 174 Å². The summed E-state index contributed by atoms with van der Waals surface area (Å²) in [7, 11) is 0. The first-order valence-electron chi connectivity index (χ1n) is 9.04. The van der Waals surface area contributed by atoms with Crippen LogP contribution < -0.4 is 4.90 Å². The number of halogens is 2. The molecule has 4 rings (SSSR count). The quantitative estimate of drug-likeness (QED) is 0.569. The van der Waals surface area contributed by atoms with E-state index < -0.39 is 0 Å². The van der Waals surface area contributed by atoms with Gasteiger partial charge in [-0.3, -0.25) is 14.6 Å². The van der Waals surface area contributed by atoms with Crippen LogP contribution in [0.5, 0.6) is 0 Å². The van der Waals surface area contributed by atoms with Gasteiger partial charge < -0.3 is 4.74 Å². The van der Waals surface area contributed by atoms with E-state index in [1.807, 2.05) is 18.2 Å². The Morgan fingerprint density at radius 3 is 2.71 bits per heavy atom. The number of carbonyl (C=O) groups excluding carboxylic acids is 1. The predicted octanol–water partition coefficient (Wildman–Crippen LogP) is 4.18. The monoisotopic (exact) mass is 463 g/mol. The molecule has 0 unspecified atom stereocenters. The minimum absolute atomic E-state index is 0.175. The van der Waals surface area contributed by atoms with Gasteiger partial charge in [-0.1, -0.05) is 27.3 Å². The van der Waals surface area contributed by atoms with E-state index in [1.54, 1.807) is 4.90 Å². The van der Waals surface area contributed by atoms with Gasteiger partial charge in [-0.25, -0.2) is 9.37 Å². The molecule has 28 heavy (non-hydrogen) atoms. The van der Waals surface area contributed by atoms with Gasteiger partial charge in [0.05, 0.1) is 23.4 Å². The molecule has 8 heteroatoms. The van der Waals surface area contributed by atoms with Crippen LogP contribution in [0.25, 0.3) is 10.2 Å². The minimum Gasteiger partial charge on any atom is -0.379 e. The van der Waals surface area contributed by atoms with Crippen LogP contribution in [-0.2, 0) is 4.74 Å². The Morgan fingerprint density at radius 1 is 1.21 bits per heavy atom. The van der Waals surface area contributed by atoms with Crippen molar-refractivity contribution in [1.82, 2.24) is 9.88 Å². The first-order valence-corrected chi connectivity index (χ1v) is 10.6. The van der Waals surface area contributed by atoms with Crippen molar-refractivity contribution in [3.8, 4) is 0 Å². The lowest BCUT2D eigenvalue weighted by atomic mass is 10.2. The summed E-state index contributed by atoms with van der Waals surface area (Å²) >= 11 is 4.96. The summed E-state index contributed by atoms with van der Waals surface area (Å²) in [6.07, 6.45) is 0. The van der Waals surface area contributed by atoms with Gasteiger partial charge in [0.2, 0.25) is 0 Å². The summed E-state index contributed by atoms with van der Waals surface area (Å²) in [5, 5.41) is 0.649. The predicted molar refractivity (Wildman–Crippen MR) is 113 cm³/mol. The molecule has 146 valence electrons. The van der Waals surface area contributed by atoms with E-state index in [-0.39, 0.29) is 11.7 Å². The third-order valence-corrected chi connectivity index (χ3v) is 6.18. The van der Waals surface area contributed by atoms with Gasteiger partial charge in [0.15, 0.2) is 5.13 Å². The number of hydrogen-bond acceptors (Lipinski definition) is 5. The van der Waals surface area contributed by atoms with E-state index >= 15 is 0 Å². The summed E-state index contributed by atoms with van der Waals surface area (Å²) < 4.78 is 20.7. The highest BCUT2D eigenvalue weighted by Crippen LogP contribution is 2.31. The highest BCUT2D eigenvalue weighted by molar-refractivity contribution is 9.10. The molecule has 0 radical (unpaired) electrons. The van der Waals surface area contributed by atoms with Crippen molar-refractivity contribution in [2.75, 3.05) is 44.3 Å². The van der Waals surface area contributed by atoms with Crippen LogP contribution in [0.15, 0.2) is 46.9 Å². The van der Waals surface area contributed by atoms with Crippen LogP contribution in [0.3, 0.4) is 0 Å². The second kappa shape index (κ2) is 8.65. The van der Waals surface area contributed by atoms with Crippen LogP contribution in [0.2, 0.25) is 0 Å². The number of nitrogens with zero attached hydrogens (tertiary/aromatic N) is 3. The molecule has 0 aliphatic carbocycles. The van der Waals surface area contributed by atoms with Crippen LogP contribution in [0.4, 0.5) is 9.52 Å². The zero-order valence-corrected chi connectivity index (χ0v) is 17.5. The molecule has 2 heterocycles. The molecule has 3 aromatic rings. The molecule has 0 atom stereocenters. The first-order chi connectivity index (χ1) is 13.6. The topological polar surface area (TPSA) is 45.7 Å². The summed E-state index contributed by atoms with van der Waals surface area (Å²) in [6.45, 7) is 4.37. The molecule has 1 saturated heterocycles. The number of morpholine rings is 1. The van der Waals surface area contributed by atoms with Gasteiger partial charge in [-0.05, 0) is 42.5 Å². The number of rotatable bonds is 5. The molecule has 1 aromatic heterocycles. The van der Waals surface area contributed by atoms with Crippen molar-refractivity contribution in [1.29, 1.82) is 0 Å². The maximum atomic E-state index is 13.3. The number of aromatic nitrogens is 1. The largest absolute Gasteiger partial charge is 0.379 e. The molecule has 0 N–H and O–H groups in total. The third kappa shape index (κ3) is 4.41. The molecule has 1 amide bonds. The van der Waals surface area contributed by atoms with E-state index in [2.05, 4.69) is 25.8 Å². The van der Waals surface area contributed by atoms with Crippen LogP contribution >= 0.6 is 27.3 Å². The first kappa shape index (κ1) is 19.4. The summed E-state index contributed by atoms with van der Waals surface area (Å²) in [6, 6.07) is 11.5. The van der Waals surface area contributed by atoms with Crippen molar-refractivity contribution < 1.29 is 13.9 Å². The molecule has 5 nitrogen and oxygen atoms in total. The fourth-order valence-corrected chi connectivity index (χ4v) is 4.64. The van der Waals surface area contributed by atoms with E-state index in [9.17, 15) is 9.18 Å². The van der Waals surface area contributed by atoms with Crippen molar-refractivity contribution in [2.45, 2.75) is 0 Å². The average molecular weight is 464 g/mol. The van der Waals surface area contributed by atoms with E-state index in [0.29, 0.717) is 30.5 Å². The van der Waals surface area contributed by atoms with Crippen molar-refractivity contribution in [3.05, 3.63) is 58.3 Å². The van der Waals surface area contributed by atoms with E-state index in [4.69, 9.17) is 4.74 Å². The summed E-state index contributed by atoms with van der Waals surface area (Å²) in [4.78, 5) is 21.8. The van der Waals surface area contributed by atoms with Gasteiger partial charge in [-0.15, -0.1) is 0 Å². The molecule has 0 saturated carbocycles. The molecule has 1 aliphatic heterocycles. The van der Waals surface area contributed by atoms with Crippen LogP contribution in [-0.4, -0.2) is 55.2 Å². The number of hydrogen-bond donors (Lipinski definition) is 0. The third-order valence-electron chi connectivity index (χ3n) is 4.65. The van der Waals surface area contributed by atoms with Crippen molar-refractivity contribution >= 4 is 48.5 Å². The van der Waals surface area contributed by atoms with Gasteiger partial charge in [0.1, 0.15) is 5.82 Å². The molecule has 2 aromatic carbocycles. The number of amides is 1. The Morgan fingerprint density at radius 2 is 1.96 bits per heavy atom. The van der Waals surface area contributed by atoms with Gasteiger partial charge in [0, 0.05) is 36.2 Å². The summed E-state index contributed by atoms with van der Waals surface area (Å²) in [5.41, 5.74) is 1.30. The fourth-order valence-electron chi connectivity index (χ4n) is 3.10. The van der Waals surface area contributed by atoms with E-state index in [0.717, 1.165) is 34.3 Å². The molecule has 1 aliphatic rings. The van der Waals surface area contributed by atoms with Gasteiger partial charge in [-0.2, -0.15) is 0 Å². The normalized spacial score (nSPS) is 15.1. The van der Waals surface area contributed by atoms with Crippen LogP contribution in [0, 0.1) is 5.82 Å². The molecule has 0 bridgehead atoms. The average Bonchev–Trinajstić information content (AvgIpc) is 3.12. The van der Waals surface area contributed by atoms with Gasteiger partial charge >= 0.3 is 0 Å². The maximum Gasteiger partial charge on any atom is 0.260 e. The molecule has 0 spiro atoms. The van der Waals surface area contributed by atoms with Crippen LogP contribution in [0.1, 0.15) is 10.4 Å². The SMILES string of the molecule is O=C(c1ccc(F)cc1)N(CCN1CCOCC1)c1nc2ccc(Br)cc2s1. The smallest absolute Gasteiger partial charge is 0.260 e. The number of ether oxygens (including phenoxy) is 1. The fraction of sp³-hybridized carbons (Fsp3) is 0.300. The zero-order valence-electron chi connectivity index (χ0n) is 15.1. The Bertz CT molecular complexity index is 973. The van der Waals surface area contributed by atoms with Crippen molar-refractivity contribution in [3.63, 3.8) is 0 Å². The lowest BCUT2D eigenvalue weighted by molar-refractivity contribution is 0.0391. The highest BCUT2D eigenvalue weighted by Gasteiger charge is 2.23. The zero-order chi connectivity index (χ0) is 19.5. The van der Waals surface area contributed by atoms with Gasteiger partial charge in [0.25, 0.3) is 5.91 Å². The number of fused-ring (bicyclic) bond motifs is 1. The number of thiazole rings is 1. The van der Waals surface area contributed by atoms with Crippen molar-refractivity contribution in [2.24, 2.45) is 0 Å². The highest BCUT2D eigenvalue weighted by atomic mass is 79.9. The second-order valence-electron chi connectivity index (χ2n) is 6.53. The minimum atomic E-state index is -0.360. The molecular formula is C20H19BrFN3O2S. The molecular weight excluding hydrogens is 445 g/mol. The Kier molecular flexibility index (Phi) is 6.01. The maximum absolute atomic E-state index is 13.3. The number of carbonyl (C=O) groups is 1. The Balaban J connectivity index is 1.62. The lowest BCUT2D eigenvalue weighted by Gasteiger charge is -2.29. The summed E-state index contributed by atoms with van der Waals surface area (Å²) in [5.74, 6) is -0.535. The Hall–Kier alpha value is -1.87. The number of anilines is 1. The standard InChI is InChI=1S/C20H19BrFN3O2S/c21-15-3-6-17-18(13-15)28-20(23-17)25(8-7-24-9-11-27-12-10-24)19(26)14-1-4-16(22)5-2-14/h1-6,13H,7-12H2.